The maximum atomic E-state index is 6.21. The number of aromatic nitrogens is 2. The zero-order valence-corrected chi connectivity index (χ0v) is 37.4. The summed E-state index contributed by atoms with van der Waals surface area (Å²) in [7, 11) is -1.32. The van der Waals surface area contributed by atoms with Gasteiger partial charge in [0.2, 0.25) is 0 Å². The van der Waals surface area contributed by atoms with E-state index < -0.39 is 8.07 Å². The van der Waals surface area contributed by atoms with Gasteiger partial charge in [0.05, 0.1) is 13.7 Å². The molecule has 0 fully saturated rings. The molecule has 281 valence electrons. The molecule has 54 heavy (non-hydrogen) atoms. The maximum Gasteiger partial charge on any atom is 0.121 e. The summed E-state index contributed by atoms with van der Waals surface area (Å²) in [5.74, 6) is 1.07. The molecule has 0 aliphatic heterocycles. The monoisotopic (exact) mass is 907 g/mol. The third kappa shape index (κ3) is 9.20. The van der Waals surface area contributed by atoms with E-state index in [1.807, 2.05) is 18.3 Å². The van der Waals surface area contributed by atoms with Crippen molar-refractivity contribution in [3.63, 3.8) is 0 Å². The van der Waals surface area contributed by atoms with E-state index in [1.54, 1.807) is 0 Å². The van der Waals surface area contributed by atoms with Crippen LogP contribution >= 0.6 is 0 Å². The molecule has 0 aliphatic carbocycles. The zero-order valence-electron chi connectivity index (χ0n) is 34.0. The Morgan fingerprint density at radius 2 is 1.37 bits per heavy atom. The Bertz CT molecular complexity index is 2390. The molecule has 1 radical (unpaired) electrons. The molecule has 3 heterocycles. The largest absolute Gasteiger partial charge is 0.500 e. The fourth-order valence-electron chi connectivity index (χ4n) is 7.02. The number of rotatable bonds is 6. The fourth-order valence-corrected chi connectivity index (χ4v) is 8.73. The molecule has 4 aromatic carbocycles. The first-order chi connectivity index (χ1) is 25.0. The number of aryl methyl sites for hydroxylation is 3. The molecule has 0 spiro atoms. The van der Waals surface area contributed by atoms with E-state index >= 15 is 0 Å². The minimum absolute atomic E-state index is 0. The molecule has 0 amide bonds. The van der Waals surface area contributed by atoms with E-state index in [1.165, 1.54) is 44.1 Å². The number of hydrogen-bond acceptors (Lipinski definition) is 3. The van der Waals surface area contributed by atoms with Gasteiger partial charge in [0.15, 0.2) is 0 Å². The Morgan fingerprint density at radius 1 is 0.685 bits per heavy atom. The van der Waals surface area contributed by atoms with E-state index in [-0.39, 0.29) is 25.5 Å². The van der Waals surface area contributed by atoms with E-state index in [9.17, 15) is 0 Å². The van der Waals surface area contributed by atoms with Crippen LogP contribution < -0.4 is 5.19 Å². The van der Waals surface area contributed by atoms with Gasteiger partial charge < -0.3 is 14.4 Å². The van der Waals surface area contributed by atoms with E-state index in [4.69, 9.17) is 9.40 Å². The molecule has 7 aromatic rings. The van der Waals surface area contributed by atoms with Crippen LogP contribution in [0.3, 0.4) is 0 Å². The van der Waals surface area contributed by atoms with Gasteiger partial charge in [0.25, 0.3) is 0 Å². The van der Waals surface area contributed by atoms with Gasteiger partial charge in [-0.15, -0.1) is 59.2 Å². The van der Waals surface area contributed by atoms with Crippen molar-refractivity contribution in [3.8, 4) is 33.6 Å². The summed E-state index contributed by atoms with van der Waals surface area (Å²) in [4.78, 5) is 9.33. The van der Waals surface area contributed by atoms with Crippen molar-refractivity contribution in [2.75, 3.05) is 0 Å². The molecule has 1 atom stereocenters. The smallest absolute Gasteiger partial charge is 0.121 e. The van der Waals surface area contributed by atoms with Crippen molar-refractivity contribution < 1.29 is 24.5 Å². The minimum Gasteiger partial charge on any atom is -0.500 e. The summed E-state index contributed by atoms with van der Waals surface area (Å²) in [5.41, 5.74) is 14.9. The molecule has 0 bridgehead atoms. The van der Waals surface area contributed by atoms with Crippen molar-refractivity contribution in [2.45, 2.75) is 93.3 Å². The maximum absolute atomic E-state index is 6.21. The number of nitrogens with zero attached hydrogens (tertiary/aromatic N) is 2. The van der Waals surface area contributed by atoms with Crippen molar-refractivity contribution in [3.05, 3.63) is 137 Å². The third-order valence-corrected chi connectivity index (χ3v) is 12.5. The predicted octanol–water partition coefficient (Wildman–Crippen LogP) is 13.2. The number of pyridine rings is 2. The standard InChI is InChI=1S/C30H28NO.C19H26NSi.Ir/c1-18(2)21(5)22-10-11-31-28(16-22)24-7-9-29-27(15-24)26-8-6-23(17-30(26)32-29)25-13-19(3)12-20(4)14-25;1-14-11-17(20-13-18(14)21(5,6)7)15-9-8-10-16(12-15)19(2,3)4;/h6,8-18,21H,1-5H3;8,10-13H,1-7H3;/q2*-1;. The summed E-state index contributed by atoms with van der Waals surface area (Å²) >= 11 is 0. The number of benzene rings is 4. The molecule has 1 unspecified atom stereocenters. The normalized spacial score (nSPS) is 12.4. The fraction of sp³-hybridized carbons (Fsp3) is 0.306. The number of fused-ring (bicyclic) bond motifs is 3. The van der Waals surface area contributed by atoms with Crippen LogP contribution in [0.5, 0.6) is 0 Å². The Balaban J connectivity index is 0.000000223. The van der Waals surface area contributed by atoms with Crippen LogP contribution in [0.2, 0.25) is 19.6 Å². The Kier molecular flexibility index (Phi) is 12.4. The molecule has 3 nitrogen and oxygen atoms in total. The topological polar surface area (TPSA) is 38.9 Å². The van der Waals surface area contributed by atoms with Crippen molar-refractivity contribution >= 4 is 35.2 Å². The molecule has 0 aliphatic rings. The van der Waals surface area contributed by atoms with Crippen LogP contribution in [-0.2, 0) is 25.5 Å². The summed E-state index contributed by atoms with van der Waals surface area (Å²) in [6.07, 6.45) is 3.99. The third-order valence-electron chi connectivity index (χ3n) is 10.4. The van der Waals surface area contributed by atoms with Crippen LogP contribution in [0.25, 0.3) is 55.6 Å². The van der Waals surface area contributed by atoms with E-state index in [2.05, 4.69) is 178 Å². The van der Waals surface area contributed by atoms with Gasteiger partial charge >= 0.3 is 0 Å². The van der Waals surface area contributed by atoms with Gasteiger partial charge in [-0.2, -0.15) is 0 Å². The zero-order chi connectivity index (χ0) is 38.2. The van der Waals surface area contributed by atoms with E-state index in [0.717, 1.165) is 44.5 Å². The van der Waals surface area contributed by atoms with Crippen LogP contribution in [-0.4, -0.2) is 18.0 Å². The van der Waals surface area contributed by atoms with Gasteiger partial charge in [-0.05, 0) is 77.9 Å². The first-order valence-corrected chi connectivity index (χ1v) is 22.4. The van der Waals surface area contributed by atoms with Crippen molar-refractivity contribution in [1.82, 2.24) is 9.97 Å². The van der Waals surface area contributed by atoms with Gasteiger partial charge in [0.1, 0.15) is 5.58 Å². The Hall–Kier alpha value is -4.15. The average molecular weight is 907 g/mol. The van der Waals surface area contributed by atoms with Crippen LogP contribution in [0.1, 0.15) is 75.3 Å². The quantitative estimate of drug-likeness (QED) is 0.123. The second kappa shape index (κ2) is 16.3. The molecular formula is C49H54IrN2OSi-2. The van der Waals surface area contributed by atoms with Gasteiger partial charge in [0, 0.05) is 37.9 Å². The second-order valence-corrected chi connectivity index (χ2v) is 22.2. The summed E-state index contributed by atoms with van der Waals surface area (Å²) in [6, 6.07) is 36.9. The van der Waals surface area contributed by atoms with Crippen molar-refractivity contribution in [1.29, 1.82) is 0 Å². The molecular weight excluding hydrogens is 853 g/mol. The Morgan fingerprint density at radius 3 is 2.02 bits per heavy atom. The van der Waals surface area contributed by atoms with Crippen LogP contribution in [0, 0.1) is 38.8 Å². The summed E-state index contributed by atoms with van der Waals surface area (Å²) in [6.45, 7) is 27.1. The van der Waals surface area contributed by atoms with Gasteiger partial charge in [-0.3, -0.25) is 0 Å². The Labute approximate surface area is 338 Å². The molecule has 0 saturated carbocycles. The SMILES string of the molecule is Cc1cc(-c2[c-]ccc(C(C)(C)C)c2)ncc1[Si](C)(C)C.Cc1cc(C)cc(-c2ccc3c(c2)oc2c[c-]c(-c4cc(C(C)C(C)C)ccn4)cc23)c1.[Ir]. The summed E-state index contributed by atoms with van der Waals surface area (Å²) < 4.78 is 6.21. The van der Waals surface area contributed by atoms with Crippen LogP contribution in [0.15, 0.2) is 102 Å². The molecule has 3 aromatic heterocycles. The minimum atomic E-state index is -1.32. The molecule has 7 rings (SSSR count). The molecule has 5 heteroatoms. The van der Waals surface area contributed by atoms with Gasteiger partial charge in [-0.25, -0.2) is 0 Å². The summed E-state index contributed by atoms with van der Waals surface area (Å²) in [5, 5.41) is 3.66. The van der Waals surface area contributed by atoms with Crippen molar-refractivity contribution in [2.24, 2.45) is 5.92 Å². The van der Waals surface area contributed by atoms with Crippen LogP contribution in [0.4, 0.5) is 0 Å². The molecule has 0 N–H and O–H groups in total. The average Bonchev–Trinajstić information content (AvgIpc) is 3.47. The second-order valence-electron chi connectivity index (χ2n) is 17.2. The first kappa shape index (κ1) is 41.0. The van der Waals surface area contributed by atoms with E-state index in [0.29, 0.717) is 11.8 Å². The number of furan rings is 1. The van der Waals surface area contributed by atoms with Gasteiger partial charge in [-0.1, -0.05) is 131 Å². The molecule has 0 saturated heterocycles. The predicted molar refractivity (Wildman–Crippen MR) is 229 cm³/mol. The number of hydrogen-bond donors (Lipinski definition) is 0. The first-order valence-electron chi connectivity index (χ1n) is 18.9.